The van der Waals surface area contributed by atoms with Crippen LogP contribution in [0, 0.1) is 0 Å². The van der Waals surface area contributed by atoms with Crippen LogP contribution in [0.3, 0.4) is 0 Å². The Morgan fingerprint density at radius 3 is 2.65 bits per heavy atom. The number of rotatable bonds is 2. The SMILES string of the molecule is O=C(c1cnn(C2CC2)c1)N1CCC(O)CC1. The Morgan fingerprint density at radius 2 is 2.00 bits per heavy atom. The van der Waals surface area contributed by atoms with Crippen molar-refractivity contribution in [3.63, 3.8) is 0 Å². The molecule has 1 N–H and O–H groups in total. The molecule has 5 nitrogen and oxygen atoms in total. The monoisotopic (exact) mass is 235 g/mol. The van der Waals surface area contributed by atoms with Gasteiger partial charge in [0.1, 0.15) is 0 Å². The molecular formula is C12H17N3O2. The van der Waals surface area contributed by atoms with Gasteiger partial charge in [-0.15, -0.1) is 0 Å². The maximum absolute atomic E-state index is 12.2. The minimum Gasteiger partial charge on any atom is -0.393 e. The van der Waals surface area contributed by atoms with Crippen LogP contribution in [0.2, 0.25) is 0 Å². The average molecular weight is 235 g/mol. The number of likely N-dealkylation sites (tertiary alicyclic amines) is 1. The lowest BCUT2D eigenvalue weighted by Gasteiger charge is -2.29. The number of aromatic nitrogens is 2. The summed E-state index contributed by atoms with van der Waals surface area (Å²) in [5, 5.41) is 13.6. The van der Waals surface area contributed by atoms with Crippen molar-refractivity contribution in [3.8, 4) is 0 Å². The Bertz CT molecular complexity index is 417. The molecular weight excluding hydrogens is 218 g/mol. The first kappa shape index (κ1) is 10.8. The highest BCUT2D eigenvalue weighted by molar-refractivity contribution is 5.93. The maximum Gasteiger partial charge on any atom is 0.257 e. The molecule has 0 radical (unpaired) electrons. The Labute approximate surface area is 100 Å². The van der Waals surface area contributed by atoms with Gasteiger partial charge in [0.25, 0.3) is 5.91 Å². The zero-order chi connectivity index (χ0) is 11.8. The normalized spacial score (nSPS) is 21.8. The number of aliphatic hydroxyl groups is 1. The van der Waals surface area contributed by atoms with Gasteiger partial charge >= 0.3 is 0 Å². The maximum atomic E-state index is 12.2. The average Bonchev–Trinajstić information content (AvgIpc) is 3.07. The van der Waals surface area contributed by atoms with E-state index in [0.29, 0.717) is 37.5 Å². The molecule has 2 fully saturated rings. The fourth-order valence-corrected chi connectivity index (χ4v) is 2.24. The summed E-state index contributed by atoms with van der Waals surface area (Å²) in [6.07, 6.45) is 6.98. The van der Waals surface area contributed by atoms with E-state index < -0.39 is 0 Å². The number of amides is 1. The molecule has 17 heavy (non-hydrogen) atoms. The number of carbonyl (C=O) groups is 1. The molecule has 1 aliphatic carbocycles. The highest BCUT2D eigenvalue weighted by Gasteiger charge is 2.27. The molecule has 1 saturated heterocycles. The summed E-state index contributed by atoms with van der Waals surface area (Å²) in [4.78, 5) is 14.0. The second-order valence-electron chi connectivity index (χ2n) is 4.96. The van der Waals surface area contributed by atoms with Crippen LogP contribution >= 0.6 is 0 Å². The van der Waals surface area contributed by atoms with E-state index in [2.05, 4.69) is 5.10 Å². The van der Waals surface area contributed by atoms with Gasteiger partial charge in [-0.25, -0.2) is 0 Å². The molecule has 1 aromatic rings. The molecule has 2 heterocycles. The van der Waals surface area contributed by atoms with E-state index in [-0.39, 0.29) is 12.0 Å². The van der Waals surface area contributed by atoms with Gasteiger partial charge in [0.2, 0.25) is 0 Å². The van der Waals surface area contributed by atoms with Crippen molar-refractivity contribution in [2.24, 2.45) is 0 Å². The number of hydrogen-bond acceptors (Lipinski definition) is 3. The third kappa shape index (κ3) is 2.20. The number of carbonyl (C=O) groups excluding carboxylic acids is 1. The zero-order valence-electron chi connectivity index (χ0n) is 9.75. The predicted molar refractivity (Wildman–Crippen MR) is 61.6 cm³/mol. The summed E-state index contributed by atoms with van der Waals surface area (Å²) in [7, 11) is 0. The third-order valence-electron chi connectivity index (χ3n) is 3.52. The van der Waals surface area contributed by atoms with Crippen molar-refractivity contribution in [1.29, 1.82) is 0 Å². The van der Waals surface area contributed by atoms with Crippen LogP contribution in [0.1, 0.15) is 42.1 Å². The summed E-state index contributed by atoms with van der Waals surface area (Å²) < 4.78 is 1.89. The fraction of sp³-hybridized carbons (Fsp3) is 0.667. The van der Waals surface area contributed by atoms with Crippen LogP contribution in [0.25, 0.3) is 0 Å². The topological polar surface area (TPSA) is 58.4 Å². The molecule has 1 aromatic heterocycles. The zero-order valence-corrected chi connectivity index (χ0v) is 9.75. The Kier molecular flexibility index (Phi) is 2.63. The first-order chi connectivity index (χ1) is 8.24. The number of piperidine rings is 1. The Hall–Kier alpha value is -1.36. The van der Waals surface area contributed by atoms with Gasteiger partial charge in [-0.2, -0.15) is 5.10 Å². The molecule has 0 unspecified atom stereocenters. The standard InChI is InChI=1S/C12H17N3O2/c16-11-3-5-14(6-4-11)12(17)9-7-13-15(8-9)10-1-2-10/h7-8,10-11,16H,1-6H2. The first-order valence-electron chi connectivity index (χ1n) is 6.25. The molecule has 92 valence electrons. The molecule has 1 amide bonds. The lowest BCUT2D eigenvalue weighted by Crippen LogP contribution is -2.39. The Morgan fingerprint density at radius 1 is 1.29 bits per heavy atom. The van der Waals surface area contributed by atoms with Gasteiger partial charge in [0.15, 0.2) is 0 Å². The van der Waals surface area contributed by atoms with Crippen LogP contribution in [0.15, 0.2) is 12.4 Å². The van der Waals surface area contributed by atoms with Crippen molar-refractivity contribution in [1.82, 2.24) is 14.7 Å². The number of nitrogens with zero attached hydrogens (tertiary/aromatic N) is 3. The highest BCUT2D eigenvalue weighted by atomic mass is 16.3. The van der Waals surface area contributed by atoms with Crippen molar-refractivity contribution < 1.29 is 9.90 Å². The van der Waals surface area contributed by atoms with Crippen LogP contribution in [-0.4, -0.2) is 44.9 Å². The van der Waals surface area contributed by atoms with Gasteiger partial charge < -0.3 is 10.0 Å². The van der Waals surface area contributed by atoms with Crippen molar-refractivity contribution in [2.45, 2.75) is 37.8 Å². The Balaban J connectivity index is 1.67. The number of aliphatic hydroxyl groups excluding tert-OH is 1. The lowest BCUT2D eigenvalue weighted by molar-refractivity contribution is 0.0546. The summed E-state index contributed by atoms with van der Waals surface area (Å²) in [6.45, 7) is 1.29. The predicted octanol–water partition coefficient (Wildman–Crippen LogP) is 0.815. The summed E-state index contributed by atoms with van der Waals surface area (Å²) in [5.74, 6) is 0.0452. The van der Waals surface area contributed by atoms with Crippen molar-refractivity contribution in [3.05, 3.63) is 18.0 Å². The van der Waals surface area contributed by atoms with Gasteiger partial charge in [-0.1, -0.05) is 0 Å². The van der Waals surface area contributed by atoms with Crippen molar-refractivity contribution in [2.75, 3.05) is 13.1 Å². The molecule has 0 atom stereocenters. The molecule has 2 aliphatic rings. The van der Waals surface area contributed by atoms with Crippen molar-refractivity contribution >= 4 is 5.91 Å². The minimum absolute atomic E-state index is 0.0452. The van der Waals surface area contributed by atoms with Crippen LogP contribution in [-0.2, 0) is 0 Å². The van der Waals surface area contributed by atoms with E-state index in [1.807, 2.05) is 10.9 Å². The molecule has 1 saturated carbocycles. The lowest BCUT2D eigenvalue weighted by atomic mass is 10.1. The molecule has 0 bridgehead atoms. The van der Waals surface area contributed by atoms with Crippen LogP contribution in [0.5, 0.6) is 0 Å². The largest absolute Gasteiger partial charge is 0.393 e. The fourth-order valence-electron chi connectivity index (χ4n) is 2.24. The first-order valence-corrected chi connectivity index (χ1v) is 6.25. The van der Waals surface area contributed by atoms with Crippen LogP contribution in [0.4, 0.5) is 0 Å². The highest BCUT2D eigenvalue weighted by Crippen LogP contribution is 2.34. The van der Waals surface area contributed by atoms with Gasteiger partial charge in [-0.05, 0) is 25.7 Å². The smallest absolute Gasteiger partial charge is 0.257 e. The quantitative estimate of drug-likeness (QED) is 0.825. The summed E-state index contributed by atoms with van der Waals surface area (Å²) in [6, 6.07) is 0.514. The second kappa shape index (κ2) is 4.14. The summed E-state index contributed by atoms with van der Waals surface area (Å²) in [5.41, 5.74) is 0.674. The molecule has 3 rings (SSSR count). The molecule has 5 heteroatoms. The third-order valence-corrected chi connectivity index (χ3v) is 3.52. The van der Waals surface area contributed by atoms with E-state index in [1.54, 1.807) is 11.1 Å². The van der Waals surface area contributed by atoms with Crippen LogP contribution < -0.4 is 0 Å². The molecule has 1 aliphatic heterocycles. The number of hydrogen-bond donors (Lipinski definition) is 1. The van der Waals surface area contributed by atoms with E-state index in [9.17, 15) is 9.90 Å². The summed E-state index contributed by atoms with van der Waals surface area (Å²) >= 11 is 0. The van der Waals surface area contributed by atoms with Gasteiger partial charge in [-0.3, -0.25) is 9.48 Å². The van der Waals surface area contributed by atoms with E-state index in [0.717, 1.165) is 0 Å². The van der Waals surface area contributed by atoms with E-state index in [4.69, 9.17) is 0 Å². The molecule has 0 spiro atoms. The van der Waals surface area contributed by atoms with Gasteiger partial charge in [0, 0.05) is 19.3 Å². The van der Waals surface area contributed by atoms with E-state index in [1.165, 1.54) is 12.8 Å². The minimum atomic E-state index is -0.242. The van der Waals surface area contributed by atoms with Gasteiger partial charge in [0.05, 0.1) is 23.9 Å². The second-order valence-corrected chi connectivity index (χ2v) is 4.96. The molecule has 0 aromatic carbocycles. The van der Waals surface area contributed by atoms with E-state index >= 15 is 0 Å².